The van der Waals surface area contributed by atoms with Gasteiger partial charge >= 0.3 is 0 Å². The third-order valence-corrected chi connectivity index (χ3v) is 3.21. The normalized spacial score (nSPS) is 36.8. The molecule has 70 valence electrons. The summed E-state index contributed by atoms with van der Waals surface area (Å²) in [5.41, 5.74) is 6.05. The zero-order valence-electron chi connectivity index (χ0n) is 7.76. The lowest BCUT2D eigenvalue weighted by atomic mass is 9.85. The fourth-order valence-corrected chi connectivity index (χ4v) is 2.10. The van der Waals surface area contributed by atoms with Crippen LogP contribution in [0.25, 0.3) is 0 Å². The molecule has 3 N–H and O–H groups in total. The summed E-state index contributed by atoms with van der Waals surface area (Å²) >= 11 is 0. The van der Waals surface area contributed by atoms with Crippen molar-refractivity contribution in [3.63, 3.8) is 0 Å². The zero-order chi connectivity index (χ0) is 8.39. The van der Waals surface area contributed by atoms with Crippen molar-refractivity contribution in [1.29, 1.82) is 0 Å². The number of hydrogen-bond acceptors (Lipinski definition) is 2. The molecule has 0 aromatic rings. The molecule has 2 nitrogen and oxygen atoms in total. The first-order valence-corrected chi connectivity index (χ1v) is 5.35. The molecule has 12 heavy (non-hydrogen) atoms. The van der Waals surface area contributed by atoms with Gasteiger partial charge in [-0.15, -0.1) is 0 Å². The molecule has 2 fully saturated rings. The van der Waals surface area contributed by atoms with Crippen LogP contribution in [0.15, 0.2) is 0 Å². The van der Waals surface area contributed by atoms with E-state index in [1.165, 1.54) is 45.1 Å². The Labute approximate surface area is 74.9 Å². The maximum absolute atomic E-state index is 6.05. The van der Waals surface area contributed by atoms with Crippen molar-refractivity contribution >= 4 is 0 Å². The highest BCUT2D eigenvalue weighted by atomic mass is 15.0. The molecule has 0 aliphatic heterocycles. The second-order valence-electron chi connectivity index (χ2n) is 4.39. The van der Waals surface area contributed by atoms with E-state index in [0.717, 1.165) is 12.0 Å². The fraction of sp³-hybridized carbons (Fsp3) is 1.00. The molecule has 0 saturated heterocycles. The third-order valence-electron chi connectivity index (χ3n) is 3.21. The first-order valence-electron chi connectivity index (χ1n) is 5.35. The summed E-state index contributed by atoms with van der Waals surface area (Å²) in [7, 11) is 0. The van der Waals surface area contributed by atoms with E-state index < -0.39 is 0 Å². The van der Waals surface area contributed by atoms with E-state index in [2.05, 4.69) is 5.32 Å². The molecule has 0 heterocycles. The Morgan fingerprint density at radius 1 is 1.08 bits per heavy atom. The highest BCUT2D eigenvalue weighted by Crippen LogP contribution is 2.24. The number of rotatable bonds is 3. The zero-order valence-corrected chi connectivity index (χ0v) is 7.76. The smallest absolute Gasteiger partial charge is 0.00792 e. The van der Waals surface area contributed by atoms with Crippen molar-refractivity contribution in [2.75, 3.05) is 6.54 Å². The molecule has 2 saturated carbocycles. The van der Waals surface area contributed by atoms with Crippen LogP contribution in [0.2, 0.25) is 0 Å². The Kier molecular flexibility index (Phi) is 2.66. The molecule has 2 aliphatic rings. The van der Waals surface area contributed by atoms with Gasteiger partial charge in [-0.2, -0.15) is 0 Å². The van der Waals surface area contributed by atoms with E-state index in [4.69, 9.17) is 5.73 Å². The average molecular weight is 168 g/mol. The topological polar surface area (TPSA) is 38.0 Å². The maximum Gasteiger partial charge on any atom is 0.00792 e. The van der Waals surface area contributed by atoms with Gasteiger partial charge in [0.05, 0.1) is 0 Å². The summed E-state index contributed by atoms with van der Waals surface area (Å²) in [6, 6.07) is 1.32. The first-order chi connectivity index (χ1) is 5.86. The second kappa shape index (κ2) is 3.75. The molecule has 2 unspecified atom stereocenters. The summed E-state index contributed by atoms with van der Waals surface area (Å²) in [4.78, 5) is 0. The van der Waals surface area contributed by atoms with E-state index in [-0.39, 0.29) is 0 Å². The SMILES string of the molecule is NC1CCCCC1CNC1CC1. The summed E-state index contributed by atoms with van der Waals surface area (Å²) in [6.07, 6.45) is 8.12. The minimum Gasteiger partial charge on any atom is -0.327 e. The van der Waals surface area contributed by atoms with Gasteiger partial charge in [-0.1, -0.05) is 12.8 Å². The predicted octanol–water partition coefficient (Wildman–Crippen LogP) is 1.26. The minimum atomic E-state index is 0.477. The highest BCUT2D eigenvalue weighted by molar-refractivity contribution is 4.85. The van der Waals surface area contributed by atoms with Gasteiger partial charge in [-0.25, -0.2) is 0 Å². The molecular weight excluding hydrogens is 148 g/mol. The molecule has 2 heteroatoms. The predicted molar refractivity (Wildman–Crippen MR) is 51.0 cm³/mol. The third kappa shape index (κ3) is 2.20. The Balaban J connectivity index is 1.68. The van der Waals surface area contributed by atoms with Gasteiger partial charge in [-0.05, 0) is 38.1 Å². The maximum atomic E-state index is 6.05. The second-order valence-corrected chi connectivity index (χ2v) is 4.39. The van der Waals surface area contributed by atoms with Crippen LogP contribution in [-0.4, -0.2) is 18.6 Å². The van der Waals surface area contributed by atoms with E-state index in [0.29, 0.717) is 6.04 Å². The molecule has 0 spiro atoms. The molecule has 0 bridgehead atoms. The van der Waals surface area contributed by atoms with Crippen LogP contribution in [0.1, 0.15) is 38.5 Å². The lowest BCUT2D eigenvalue weighted by Crippen LogP contribution is -2.39. The van der Waals surface area contributed by atoms with Crippen LogP contribution < -0.4 is 11.1 Å². The van der Waals surface area contributed by atoms with Gasteiger partial charge in [-0.3, -0.25) is 0 Å². The van der Waals surface area contributed by atoms with Gasteiger partial charge in [0.25, 0.3) is 0 Å². The van der Waals surface area contributed by atoms with E-state index in [1.54, 1.807) is 0 Å². The van der Waals surface area contributed by atoms with Gasteiger partial charge in [0, 0.05) is 12.1 Å². The van der Waals surface area contributed by atoms with E-state index >= 15 is 0 Å². The standard InChI is InChI=1S/C10H20N2/c11-10-4-2-1-3-8(10)7-12-9-5-6-9/h8-10,12H,1-7,11H2. The molecular formula is C10H20N2. The number of nitrogens with one attached hydrogen (secondary N) is 1. The molecule has 0 aromatic heterocycles. The fourth-order valence-electron chi connectivity index (χ4n) is 2.10. The largest absolute Gasteiger partial charge is 0.327 e. The average Bonchev–Trinajstić information content (AvgIpc) is 2.86. The van der Waals surface area contributed by atoms with Crippen LogP contribution in [0.4, 0.5) is 0 Å². The minimum absolute atomic E-state index is 0.477. The Hall–Kier alpha value is -0.0800. The molecule has 2 atom stereocenters. The van der Waals surface area contributed by atoms with Gasteiger partial charge in [0.2, 0.25) is 0 Å². The summed E-state index contributed by atoms with van der Waals surface area (Å²) < 4.78 is 0. The van der Waals surface area contributed by atoms with Crippen LogP contribution >= 0.6 is 0 Å². The summed E-state index contributed by atoms with van der Waals surface area (Å²) in [5, 5.41) is 3.58. The van der Waals surface area contributed by atoms with Crippen molar-refractivity contribution in [3.05, 3.63) is 0 Å². The van der Waals surface area contributed by atoms with Crippen molar-refractivity contribution in [2.24, 2.45) is 11.7 Å². The van der Waals surface area contributed by atoms with Crippen LogP contribution in [0.3, 0.4) is 0 Å². The van der Waals surface area contributed by atoms with Crippen molar-refractivity contribution in [2.45, 2.75) is 50.6 Å². The summed E-state index contributed by atoms with van der Waals surface area (Å²) in [5.74, 6) is 0.763. The number of nitrogens with two attached hydrogens (primary N) is 1. The molecule has 0 radical (unpaired) electrons. The highest BCUT2D eigenvalue weighted by Gasteiger charge is 2.25. The monoisotopic (exact) mass is 168 g/mol. The van der Waals surface area contributed by atoms with Crippen LogP contribution in [0.5, 0.6) is 0 Å². The van der Waals surface area contributed by atoms with E-state index in [9.17, 15) is 0 Å². The molecule has 2 rings (SSSR count). The van der Waals surface area contributed by atoms with Gasteiger partial charge in [0.1, 0.15) is 0 Å². The van der Waals surface area contributed by atoms with Crippen molar-refractivity contribution in [3.8, 4) is 0 Å². The summed E-state index contributed by atoms with van der Waals surface area (Å²) in [6.45, 7) is 1.17. The Morgan fingerprint density at radius 3 is 2.50 bits per heavy atom. The number of hydrogen-bond donors (Lipinski definition) is 2. The van der Waals surface area contributed by atoms with Crippen LogP contribution in [0, 0.1) is 5.92 Å². The Bertz CT molecular complexity index is 143. The van der Waals surface area contributed by atoms with Crippen molar-refractivity contribution < 1.29 is 0 Å². The van der Waals surface area contributed by atoms with E-state index in [1.807, 2.05) is 0 Å². The lowest BCUT2D eigenvalue weighted by molar-refractivity contribution is 0.296. The molecule has 2 aliphatic carbocycles. The first kappa shape index (κ1) is 8.52. The molecule has 0 aromatic carbocycles. The van der Waals surface area contributed by atoms with Gasteiger partial charge in [0.15, 0.2) is 0 Å². The molecule has 0 amide bonds. The van der Waals surface area contributed by atoms with Crippen molar-refractivity contribution in [1.82, 2.24) is 5.32 Å². The Morgan fingerprint density at radius 2 is 1.83 bits per heavy atom. The quantitative estimate of drug-likeness (QED) is 0.665. The van der Waals surface area contributed by atoms with Crippen LogP contribution in [-0.2, 0) is 0 Å². The van der Waals surface area contributed by atoms with Gasteiger partial charge < -0.3 is 11.1 Å². The lowest BCUT2D eigenvalue weighted by Gasteiger charge is -2.28.